The first kappa shape index (κ1) is 38.4. The molecular formula is C35H64O5. The minimum Gasteiger partial charge on any atom is -0.463 e. The molecule has 0 aliphatic carbocycles. The smallest absolute Gasteiger partial charge is 0.305 e. The number of ether oxygens (including phenoxy) is 2. The van der Waals surface area contributed by atoms with Crippen molar-refractivity contribution in [2.75, 3.05) is 13.2 Å². The van der Waals surface area contributed by atoms with Gasteiger partial charge in [0.05, 0.1) is 0 Å². The van der Waals surface area contributed by atoms with Crippen LogP contribution < -0.4 is 0 Å². The first-order valence-corrected chi connectivity index (χ1v) is 16.9. The zero-order valence-electron chi connectivity index (χ0n) is 26.4. The van der Waals surface area contributed by atoms with Crippen LogP contribution in [0.25, 0.3) is 0 Å². The van der Waals surface area contributed by atoms with Gasteiger partial charge in [0.25, 0.3) is 0 Å². The summed E-state index contributed by atoms with van der Waals surface area (Å²) in [4.78, 5) is 23.7. The van der Waals surface area contributed by atoms with E-state index in [2.05, 4.69) is 38.2 Å². The van der Waals surface area contributed by atoms with Crippen LogP contribution in [-0.4, -0.2) is 36.4 Å². The highest BCUT2D eigenvalue weighted by atomic mass is 16.6. The Bertz CT molecular complexity index is 613. The lowest BCUT2D eigenvalue weighted by atomic mass is 10.1. The number of carbonyl (C=O) groups excluding carboxylic acids is 2. The third-order valence-corrected chi connectivity index (χ3v) is 7.16. The summed E-state index contributed by atoms with van der Waals surface area (Å²) in [6, 6.07) is 0. The van der Waals surface area contributed by atoms with Gasteiger partial charge >= 0.3 is 11.9 Å². The van der Waals surface area contributed by atoms with E-state index in [0.29, 0.717) is 12.8 Å². The highest BCUT2D eigenvalue weighted by Gasteiger charge is 2.11. The molecule has 0 heterocycles. The lowest BCUT2D eigenvalue weighted by molar-refractivity contribution is -0.152. The van der Waals surface area contributed by atoms with Crippen molar-refractivity contribution >= 4 is 11.9 Å². The summed E-state index contributed by atoms with van der Waals surface area (Å²) >= 11 is 0. The Morgan fingerprint density at radius 3 is 1.25 bits per heavy atom. The van der Waals surface area contributed by atoms with Crippen molar-refractivity contribution in [3.05, 3.63) is 24.3 Å². The van der Waals surface area contributed by atoms with Crippen LogP contribution in [0.3, 0.4) is 0 Å². The normalized spacial score (nSPS) is 12.4. The number of hydrogen-bond acceptors (Lipinski definition) is 5. The molecule has 0 bridgehead atoms. The number of unbranched alkanes of at least 4 members (excludes halogenated alkanes) is 18. The standard InChI is InChI=1S/C35H64O5/c1-3-5-7-9-11-13-15-16-17-18-20-22-24-26-28-30-35(38)40-32-33(36)31-39-34(37)29-27-25-23-21-19-14-12-10-8-6-4-2/h16-17,21,23,33,36H,3-15,18-20,22,24-32H2,1-2H3/b17-16-,23-21-/t33-/m1/s1. The Balaban J connectivity index is 3.48. The van der Waals surface area contributed by atoms with E-state index in [9.17, 15) is 14.7 Å². The molecule has 1 atom stereocenters. The van der Waals surface area contributed by atoms with E-state index >= 15 is 0 Å². The minimum atomic E-state index is -0.973. The highest BCUT2D eigenvalue weighted by Crippen LogP contribution is 2.11. The van der Waals surface area contributed by atoms with E-state index in [1.165, 1.54) is 96.3 Å². The number of hydrogen-bond donors (Lipinski definition) is 1. The molecule has 0 aromatic rings. The topological polar surface area (TPSA) is 72.8 Å². The molecule has 0 amide bonds. The van der Waals surface area contributed by atoms with Crippen LogP contribution in [0, 0.1) is 0 Å². The molecule has 5 nitrogen and oxygen atoms in total. The molecular weight excluding hydrogens is 500 g/mol. The van der Waals surface area contributed by atoms with E-state index in [0.717, 1.165) is 44.9 Å². The zero-order valence-corrected chi connectivity index (χ0v) is 26.4. The van der Waals surface area contributed by atoms with Gasteiger partial charge in [-0.15, -0.1) is 0 Å². The largest absolute Gasteiger partial charge is 0.463 e. The van der Waals surface area contributed by atoms with Crippen LogP contribution in [0.15, 0.2) is 24.3 Å². The van der Waals surface area contributed by atoms with Gasteiger partial charge < -0.3 is 14.6 Å². The van der Waals surface area contributed by atoms with Crippen molar-refractivity contribution < 1.29 is 24.2 Å². The zero-order chi connectivity index (χ0) is 29.4. The number of aliphatic hydroxyl groups is 1. The third kappa shape index (κ3) is 30.9. The van der Waals surface area contributed by atoms with Gasteiger partial charge in [0, 0.05) is 12.8 Å². The predicted octanol–water partition coefficient (Wildman–Crippen LogP) is 9.95. The van der Waals surface area contributed by atoms with Crippen LogP contribution in [0.4, 0.5) is 0 Å². The van der Waals surface area contributed by atoms with Crippen LogP contribution >= 0.6 is 0 Å². The Kier molecular flexibility index (Phi) is 30.6. The van der Waals surface area contributed by atoms with Gasteiger partial charge in [0.1, 0.15) is 19.3 Å². The average molecular weight is 565 g/mol. The van der Waals surface area contributed by atoms with Gasteiger partial charge in [-0.3, -0.25) is 9.59 Å². The van der Waals surface area contributed by atoms with Crippen LogP contribution in [0.5, 0.6) is 0 Å². The lowest BCUT2D eigenvalue weighted by Crippen LogP contribution is -2.25. The predicted molar refractivity (Wildman–Crippen MR) is 168 cm³/mol. The summed E-state index contributed by atoms with van der Waals surface area (Å²) in [5.41, 5.74) is 0. The van der Waals surface area contributed by atoms with E-state index in [1.807, 2.05) is 0 Å². The van der Waals surface area contributed by atoms with Gasteiger partial charge in [-0.1, -0.05) is 122 Å². The second kappa shape index (κ2) is 31.9. The van der Waals surface area contributed by atoms with Gasteiger partial charge in [-0.05, 0) is 57.8 Å². The first-order valence-electron chi connectivity index (χ1n) is 16.9. The molecule has 0 spiro atoms. The summed E-state index contributed by atoms with van der Waals surface area (Å²) < 4.78 is 10.2. The monoisotopic (exact) mass is 564 g/mol. The molecule has 0 saturated carbocycles. The average Bonchev–Trinajstić information content (AvgIpc) is 2.95. The molecule has 0 saturated heterocycles. The van der Waals surface area contributed by atoms with Gasteiger partial charge in [0.15, 0.2) is 0 Å². The number of aliphatic hydroxyl groups excluding tert-OH is 1. The second-order valence-corrected chi connectivity index (χ2v) is 11.3. The summed E-state index contributed by atoms with van der Waals surface area (Å²) in [6.07, 6.45) is 35.1. The molecule has 0 aliphatic rings. The van der Waals surface area contributed by atoms with Gasteiger partial charge in [0.2, 0.25) is 0 Å². The number of esters is 2. The molecule has 5 heteroatoms. The van der Waals surface area contributed by atoms with Crippen molar-refractivity contribution in [1.29, 1.82) is 0 Å². The number of rotatable bonds is 30. The Morgan fingerprint density at radius 1 is 0.500 bits per heavy atom. The summed E-state index contributed by atoms with van der Waals surface area (Å²) in [5.74, 6) is -0.612. The molecule has 0 aromatic heterocycles. The maximum atomic E-state index is 11.9. The fraction of sp³-hybridized carbons (Fsp3) is 0.829. The molecule has 0 rings (SSSR count). The van der Waals surface area contributed by atoms with Crippen molar-refractivity contribution in [2.45, 2.75) is 174 Å². The lowest BCUT2D eigenvalue weighted by Gasteiger charge is -2.12. The van der Waals surface area contributed by atoms with E-state index in [1.54, 1.807) is 0 Å². The van der Waals surface area contributed by atoms with E-state index in [-0.39, 0.29) is 25.2 Å². The van der Waals surface area contributed by atoms with Crippen molar-refractivity contribution in [1.82, 2.24) is 0 Å². The first-order chi connectivity index (χ1) is 19.6. The molecule has 0 aliphatic heterocycles. The minimum absolute atomic E-state index is 0.127. The Labute approximate surface area is 247 Å². The Morgan fingerprint density at radius 2 is 0.825 bits per heavy atom. The quantitative estimate of drug-likeness (QED) is 0.0534. The van der Waals surface area contributed by atoms with Crippen LogP contribution in [-0.2, 0) is 19.1 Å². The van der Waals surface area contributed by atoms with Gasteiger partial charge in [-0.2, -0.15) is 0 Å². The molecule has 40 heavy (non-hydrogen) atoms. The third-order valence-electron chi connectivity index (χ3n) is 7.16. The number of carbonyl (C=O) groups is 2. The van der Waals surface area contributed by atoms with Crippen molar-refractivity contribution in [2.24, 2.45) is 0 Å². The second-order valence-electron chi connectivity index (χ2n) is 11.3. The fourth-order valence-electron chi connectivity index (χ4n) is 4.55. The molecule has 0 unspecified atom stereocenters. The summed E-state index contributed by atoms with van der Waals surface area (Å²) in [5, 5.41) is 9.94. The molecule has 0 aromatic carbocycles. The van der Waals surface area contributed by atoms with E-state index in [4.69, 9.17) is 9.47 Å². The van der Waals surface area contributed by atoms with Crippen molar-refractivity contribution in [3.8, 4) is 0 Å². The summed E-state index contributed by atoms with van der Waals surface area (Å²) in [6.45, 7) is 4.23. The Hall–Kier alpha value is -1.62. The maximum absolute atomic E-state index is 11.9. The molecule has 1 N–H and O–H groups in total. The highest BCUT2D eigenvalue weighted by molar-refractivity contribution is 5.69. The SMILES string of the molecule is CCCCCCCC/C=C\CCCCCCCC(=O)OC[C@H](O)COC(=O)CCC/C=C\CCCCCCCC. The van der Waals surface area contributed by atoms with E-state index < -0.39 is 6.10 Å². The van der Waals surface area contributed by atoms with Crippen LogP contribution in [0.1, 0.15) is 168 Å². The molecule has 234 valence electrons. The van der Waals surface area contributed by atoms with Crippen LogP contribution in [0.2, 0.25) is 0 Å². The fourth-order valence-corrected chi connectivity index (χ4v) is 4.55. The maximum Gasteiger partial charge on any atom is 0.305 e. The molecule has 0 radical (unpaired) electrons. The van der Waals surface area contributed by atoms with Crippen molar-refractivity contribution in [3.63, 3.8) is 0 Å². The summed E-state index contributed by atoms with van der Waals surface area (Å²) in [7, 11) is 0. The number of allylic oxidation sites excluding steroid dienone is 4. The molecule has 0 fully saturated rings. The van der Waals surface area contributed by atoms with Gasteiger partial charge in [-0.25, -0.2) is 0 Å².